The molecular formula is C12H17NO3S2. The van der Waals surface area contributed by atoms with E-state index in [4.69, 9.17) is 0 Å². The van der Waals surface area contributed by atoms with Gasteiger partial charge in [-0.15, -0.1) is 0 Å². The van der Waals surface area contributed by atoms with E-state index in [0.717, 1.165) is 5.56 Å². The summed E-state index contributed by atoms with van der Waals surface area (Å²) in [4.78, 5) is 0.313. The Labute approximate surface area is 111 Å². The number of hydrogen-bond donors (Lipinski definition) is 0. The molecule has 0 aliphatic carbocycles. The molecule has 0 saturated carbocycles. The van der Waals surface area contributed by atoms with E-state index in [-0.39, 0.29) is 5.25 Å². The minimum atomic E-state index is -3.44. The van der Waals surface area contributed by atoms with Crippen molar-refractivity contribution in [1.82, 2.24) is 4.31 Å². The Morgan fingerprint density at radius 2 is 1.89 bits per heavy atom. The predicted molar refractivity (Wildman–Crippen MR) is 72.4 cm³/mol. The summed E-state index contributed by atoms with van der Waals surface area (Å²) < 4.78 is 37.7. The molecule has 1 aliphatic rings. The van der Waals surface area contributed by atoms with E-state index in [2.05, 4.69) is 0 Å². The molecule has 2 atom stereocenters. The minimum absolute atomic E-state index is 0.0982. The first-order valence-corrected chi connectivity index (χ1v) is 8.67. The van der Waals surface area contributed by atoms with Gasteiger partial charge >= 0.3 is 0 Å². The fourth-order valence-electron chi connectivity index (χ4n) is 1.93. The molecule has 1 aromatic rings. The van der Waals surface area contributed by atoms with Crippen molar-refractivity contribution >= 4 is 20.8 Å². The maximum Gasteiger partial charge on any atom is 0.243 e. The zero-order valence-corrected chi connectivity index (χ0v) is 12.1. The van der Waals surface area contributed by atoms with Gasteiger partial charge in [-0.2, -0.15) is 4.31 Å². The van der Waals surface area contributed by atoms with Crippen LogP contribution in [0.4, 0.5) is 0 Å². The molecule has 18 heavy (non-hydrogen) atoms. The number of sulfonamides is 1. The van der Waals surface area contributed by atoms with Crippen LogP contribution in [0.25, 0.3) is 0 Å². The Hall–Kier alpha value is -0.720. The molecule has 2 rings (SSSR count). The lowest BCUT2D eigenvalue weighted by Crippen LogP contribution is -2.45. The molecule has 4 nitrogen and oxygen atoms in total. The van der Waals surface area contributed by atoms with E-state index < -0.39 is 20.8 Å². The van der Waals surface area contributed by atoms with Gasteiger partial charge < -0.3 is 0 Å². The molecule has 1 aliphatic heterocycles. The highest BCUT2D eigenvalue weighted by molar-refractivity contribution is 7.89. The van der Waals surface area contributed by atoms with E-state index in [1.165, 1.54) is 4.31 Å². The Bertz CT molecular complexity index is 551. The molecule has 0 radical (unpaired) electrons. The number of rotatable bonds is 2. The van der Waals surface area contributed by atoms with Crippen LogP contribution >= 0.6 is 0 Å². The van der Waals surface area contributed by atoms with Crippen LogP contribution in [0, 0.1) is 6.92 Å². The normalized spacial score (nSPS) is 26.1. The first-order chi connectivity index (χ1) is 8.41. The van der Waals surface area contributed by atoms with Crippen molar-refractivity contribution in [3.63, 3.8) is 0 Å². The standard InChI is InChI=1S/C12H17NO3S2/c1-10-3-5-12(6-4-10)18(15,16)13-7-8-17(14)11(2)9-13/h3-6,11H,7-9H2,1-2H3. The van der Waals surface area contributed by atoms with Gasteiger partial charge in [0.05, 0.1) is 4.90 Å². The van der Waals surface area contributed by atoms with Crippen molar-refractivity contribution in [2.75, 3.05) is 18.8 Å². The van der Waals surface area contributed by atoms with Gasteiger partial charge in [-0.1, -0.05) is 17.7 Å². The molecule has 0 spiro atoms. The molecule has 0 bridgehead atoms. The highest BCUT2D eigenvalue weighted by Gasteiger charge is 2.31. The predicted octanol–water partition coefficient (Wildman–Crippen LogP) is 1.14. The van der Waals surface area contributed by atoms with Crippen molar-refractivity contribution in [1.29, 1.82) is 0 Å². The van der Waals surface area contributed by atoms with Crippen LogP contribution in [-0.2, 0) is 20.8 Å². The molecule has 1 aromatic carbocycles. The molecule has 0 amide bonds. The van der Waals surface area contributed by atoms with E-state index >= 15 is 0 Å². The molecular weight excluding hydrogens is 270 g/mol. The molecule has 0 aromatic heterocycles. The minimum Gasteiger partial charge on any atom is -0.259 e. The lowest BCUT2D eigenvalue weighted by molar-refractivity contribution is 0.417. The van der Waals surface area contributed by atoms with Crippen molar-refractivity contribution in [3.05, 3.63) is 29.8 Å². The second-order valence-electron chi connectivity index (χ2n) is 4.57. The highest BCUT2D eigenvalue weighted by Crippen LogP contribution is 2.20. The lowest BCUT2D eigenvalue weighted by atomic mass is 10.2. The maximum absolute atomic E-state index is 12.4. The summed E-state index contributed by atoms with van der Waals surface area (Å²) >= 11 is 0. The summed E-state index contributed by atoms with van der Waals surface area (Å²) in [6.45, 7) is 4.42. The third-order valence-corrected chi connectivity index (χ3v) is 6.62. The first-order valence-electron chi connectivity index (χ1n) is 5.85. The quantitative estimate of drug-likeness (QED) is 0.819. The summed E-state index contributed by atoms with van der Waals surface area (Å²) in [7, 11) is -4.34. The number of aryl methyl sites for hydroxylation is 1. The van der Waals surface area contributed by atoms with Gasteiger partial charge in [-0.3, -0.25) is 4.21 Å². The number of hydrogen-bond acceptors (Lipinski definition) is 3. The fourth-order valence-corrected chi connectivity index (χ4v) is 4.82. The van der Waals surface area contributed by atoms with E-state index in [1.807, 2.05) is 13.8 Å². The SMILES string of the molecule is Cc1ccc(S(=O)(=O)N2CCS(=O)C(C)C2)cc1. The Kier molecular flexibility index (Phi) is 3.89. The second-order valence-corrected chi connectivity index (χ2v) is 8.48. The first kappa shape index (κ1) is 13.7. The zero-order chi connectivity index (χ0) is 13.3. The van der Waals surface area contributed by atoms with Crippen molar-refractivity contribution in [2.24, 2.45) is 0 Å². The van der Waals surface area contributed by atoms with Crippen LogP contribution in [0.15, 0.2) is 29.2 Å². The number of benzene rings is 1. The van der Waals surface area contributed by atoms with E-state index in [0.29, 0.717) is 23.7 Å². The second kappa shape index (κ2) is 5.11. The van der Waals surface area contributed by atoms with Crippen LogP contribution in [-0.4, -0.2) is 41.0 Å². The summed E-state index contributed by atoms with van der Waals surface area (Å²) in [5.74, 6) is 0.423. The summed E-state index contributed by atoms with van der Waals surface area (Å²) in [5.41, 5.74) is 1.03. The lowest BCUT2D eigenvalue weighted by Gasteiger charge is -2.29. The summed E-state index contributed by atoms with van der Waals surface area (Å²) in [6, 6.07) is 6.83. The van der Waals surface area contributed by atoms with Gasteiger partial charge in [-0.25, -0.2) is 8.42 Å². The van der Waals surface area contributed by atoms with Crippen molar-refractivity contribution in [2.45, 2.75) is 24.0 Å². The third-order valence-electron chi connectivity index (χ3n) is 3.11. The molecule has 100 valence electrons. The molecule has 6 heteroatoms. The van der Waals surface area contributed by atoms with E-state index in [1.54, 1.807) is 24.3 Å². The van der Waals surface area contributed by atoms with Gasteiger partial charge in [0.1, 0.15) is 0 Å². The van der Waals surface area contributed by atoms with Gasteiger partial charge in [0.2, 0.25) is 10.0 Å². The molecule has 1 saturated heterocycles. The van der Waals surface area contributed by atoms with Crippen LogP contribution in [0.1, 0.15) is 12.5 Å². The third kappa shape index (κ3) is 2.65. The molecule has 2 unspecified atom stereocenters. The average Bonchev–Trinajstić information content (AvgIpc) is 2.33. The van der Waals surface area contributed by atoms with Crippen molar-refractivity contribution < 1.29 is 12.6 Å². The van der Waals surface area contributed by atoms with Gasteiger partial charge in [0, 0.05) is 34.9 Å². The average molecular weight is 287 g/mol. The van der Waals surface area contributed by atoms with Crippen LogP contribution in [0.2, 0.25) is 0 Å². The van der Waals surface area contributed by atoms with Gasteiger partial charge in [0.25, 0.3) is 0 Å². The highest BCUT2D eigenvalue weighted by atomic mass is 32.2. The van der Waals surface area contributed by atoms with Gasteiger partial charge in [-0.05, 0) is 26.0 Å². The molecule has 0 N–H and O–H groups in total. The Morgan fingerprint density at radius 3 is 2.44 bits per heavy atom. The van der Waals surface area contributed by atoms with Crippen LogP contribution in [0.5, 0.6) is 0 Å². The fraction of sp³-hybridized carbons (Fsp3) is 0.500. The topological polar surface area (TPSA) is 54.5 Å². The largest absolute Gasteiger partial charge is 0.259 e. The Balaban J connectivity index is 2.26. The summed E-state index contributed by atoms with van der Waals surface area (Å²) in [5, 5.41) is -0.0982. The maximum atomic E-state index is 12.4. The molecule has 1 fully saturated rings. The summed E-state index contributed by atoms with van der Waals surface area (Å²) in [6.07, 6.45) is 0. The monoisotopic (exact) mass is 287 g/mol. The van der Waals surface area contributed by atoms with E-state index in [9.17, 15) is 12.6 Å². The van der Waals surface area contributed by atoms with Crippen molar-refractivity contribution in [3.8, 4) is 0 Å². The van der Waals surface area contributed by atoms with Crippen LogP contribution in [0.3, 0.4) is 0 Å². The smallest absolute Gasteiger partial charge is 0.243 e. The zero-order valence-electron chi connectivity index (χ0n) is 10.5. The van der Waals surface area contributed by atoms with Crippen LogP contribution < -0.4 is 0 Å². The van der Waals surface area contributed by atoms with Gasteiger partial charge in [0.15, 0.2) is 0 Å². The molecule has 1 heterocycles. The number of nitrogens with zero attached hydrogens (tertiary/aromatic N) is 1. The Morgan fingerprint density at radius 1 is 1.28 bits per heavy atom.